The zero-order valence-corrected chi connectivity index (χ0v) is 47.9. The van der Waals surface area contributed by atoms with Crippen LogP contribution in [0.25, 0.3) is 0 Å². The predicted octanol–water partition coefficient (Wildman–Crippen LogP) is 17.5. The fourth-order valence-electron chi connectivity index (χ4n) is 7.85. The number of rotatable bonds is 54. The number of unbranched alkanes of at least 4 members (excludes halogenated alkanes) is 23. The highest BCUT2D eigenvalue weighted by atomic mass is 31.2. The summed E-state index contributed by atoms with van der Waals surface area (Å²) in [4.78, 5) is 48.4. The van der Waals surface area contributed by atoms with Crippen LogP contribution in [-0.2, 0) is 42.2 Å². The summed E-state index contributed by atoms with van der Waals surface area (Å²) in [5, 5.41) is 9.82. The molecule has 0 saturated heterocycles. The molecule has 0 aliphatic carbocycles. The minimum absolute atomic E-state index is 0.0414. The van der Waals surface area contributed by atoms with Crippen molar-refractivity contribution in [1.82, 2.24) is 0 Å². The third-order valence-electron chi connectivity index (χ3n) is 12.3. The minimum atomic E-state index is -4.77. The van der Waals surface area contributed by atoms with Crippen LogP contribution in [0.3, 0.4) is 0 Å². The van der Waals surface area contributed by atoms with Gasteiger partial charge in [0.2, 0.25) is 0 Å². The van der Waals surface area contributed by atoms with Crippen molar-refractivity contribution in [3.05, 3.63) is 85.1 Å². The van der Waals surface area contributed by atoms with E-state index in [1.54, 1.807) is 0 Å². The molecular formula is C62H107O11P. The number of ether oxygens (including phenoxy) is 3. The Morgan fingerprint density at radius 1 is 0.392 bits per heavy atom. The zero-order valence-electron chi connectivity index (χ0n) is 47.0. The Balaban J connectivity index is 4.69. The van der Waals surface area contributed by atoms with Crippen LogP contribution in [0.15, 0.2) is 85.1 Å². The number of hydrogen-bond acceptors (Lipinski definition) is 10. The van der Waals surface area contributed by atoms with Gasteiger partial charge in [-0.15, -0.1) is 0 Å². The number of phosphoric acid groups is 1. The van der Waals surface area contributed by atoms with Gasteiger partial charge < -0.3 is 24.2 Å². The molecule has 74 heavy (non-hydrogen) atoms. The van der Waals surface area contributed by atoms with Crippen molar-refractivity contribution in [2.75, 3.05) is 26.4 Å². The van der Waals surface area contributed by atoms with Crippen LogP contribution in [0, 0.1) is 0 Å². The van der Waals surface area contributed by atoms with E-state index in [2.05, 4.69) is 93.7 Å². The van der Waals surface area contributed by atoms with Crippen LogP contribution in [0.1, 0.15) is 252 Å². The molecule has 12 heteroatoms. The molecule has 0 spiro atoms. The first kappa shape index (κ1) is 70.7. The van der Waals surface area contributed by atoms with Gasteiger partial charge in [0.15, 0.2) is 6.10 Å². The topological polar surface area (TPSA) is 155 Å². The lowest BCUT2D eigenvalue weighted by Gasteiger charge is -2.21. The number of allylic oxidation sites excluding steroid dienone is 14. The molecule has 3 atom stereocenters. The molecule has 3 unspecified atom stereocenters. The highest BCUT2D eigenvalue weighted by Crippen LogP contribution is 2.43. The normalized spacial score (nSPS) is 14.0. The standard InChI is InChI=1S/C62H107O11P/c1-4-7-10-13-16-19-21-23-25-27-29-31-33-35-37-40-43-46-49-52-61(65)72-58(54-63)56-70-74(67,68)71-57-59(55-69-60(64)51-48-45-42-39-18-15-12-9-6-3)73-62(66)53-50-47-44-41-38-36-34-32-30-28-26-24-22-20-17-14-11-8-5-2/h8,11,17,20,23-26,30,32,36,38,44,47,58-59,63H,4-7,9-10,12-16,18-19,21-22,27-29,31,33-35,37,39-43,45-46,48-57H2,1-3H3,(H,67,68)/b11-8-,20-17-,25-23-,26-24-,32-30-,38-36-,47-44-. The first-order valence-corrected chi connectivity index (χ1v) is 31.0. The molecule has 0 radical (unpaired) electrons. The summed E-state index contributed by atoms with van der Waals surface area (Å²) >= 11 is 0. The van der Waals surface area contributed by atoms with Gasteiger partial charge in [0.1, 0.15) is 12.7 Å². The molecular weight excluding hydrogens is 952 g/mol. The molecule has 0 aliphatic rings. The molecule has 11 nitrogen and oxygen atoms in total. The lowest BCUT2D eigenvalue weighted by atomic mass is 10.1. The Kier molecular flexibility index (Phi) is 53.4. The van der Waals surface area contributed by atoms with Gasteiger partial charge in [-0.2, -0.15) is 0 Å². The lowest BCUT2D eigenvalue weighted by Crippen LogP contribution is -2.30. The highest BCUT2D eigenvalue weighted by molar-refractivity contribution is 7.47. The van der Waals surface area contributed by atoms with Gasteiger partial charge in [0.05, 0.1) is 19.8 Å². The van der Waals surface area contributed by atoms with Gasteiger partial charge in [-0.1, -0.05) is 234 Å². The Labute approximate surface area is 451 Å². The molecule has 0 saturated carbocycles. The van der Waals surface area contributed by atoms with E-state index in [9.17, 15) is 28.9 Å². The van der Waals surface area contributed by atoms with Gasteiger partial charge in [-0.05, 0) is 83.5 Å². The van der Waals surface area contributed by atoms with Crippen molar-refractivity contribution in [1.29, 1.82) is 0 Å². The smallest absolute Gasteiger partial charge is 0.462 e. The second-order valence-electron chi connectivity index (χ2n) is 19.4. The lowest BCUT2D eigenvalue weighted by molar-refractivity contribution is -0.161. The molecule has 0 fully saturated rings. The van der Waals surface area contributed by atoms with Gasteiger partial charge in [-0.3, -0.25) is 23.4 Å². The first-order valence-electron chi connectivity index (χ1n) is 29.5. The summed E-state index contributed by atoms with van der Waals surface area (Å²) in [5.41, 5.74) is 0. The molecule has 0 bridgehead atoms. The molecule has 0 aromatic carbocycles. The molecule has 0 aromatic heterocycles. The predicted molar refractivity (Wildman–Crippen MR) is 307 cm³/mol. The largest absolute Gasteiger partial charge is 0.472 e. The van der Waals surface area contributed by atoms with E-state index < -0.39 is 57.8 Å². The molecule has 0 amide bonds. The third kappa shape index (κ3) is 53.5. The molecule has 0 aliphatic heterocycles. The Hall–Kier alpha value is -3.34. The maximum atomic E-state index is 12.9. The quantitative estimate of drug-likeness (QED) is 0.0197. The van der Waals surface area contributed by atoms with E-state index in [-0.39, 0.29) is 25.9 Å². The van der Waals surface area contributed by atoms with Crippen molar-refractivity contribution in [3.63, 3.8) is 0 Å². The first-order chi connectivity index (χ1) is 36.2. The Morgan fingerprint density at radius 2 is 0.730 bits per heavy atom. The van der Waals surface area contributed by atoms with Crippen molar-refractivity contribution in [3.8, 4) is 0 Å². The Bertz CT molecular complexity index is 1560. The van der Waals surface area contributed by atoms with Crippen LogP contribution in [0.2, 0.25) is 0 Å². The summed E-state index contributed by atoms with van der Waals surface area (Å²) in [7, 11) is -4.77. The maximum Gasteiger partial charge on any atom is 0.472 e. The number of phosphoric ester groups is 1. The summed E-state index contributed by atoms with van der Waals surface area (Å²) in [6, 6.07) is 0. The highest BCUT2D eigenvalue weighted by Gasteiger charge is 2.28. The molecule has 426 valence electrons. The number of aliphatic hydroxyl groups excluding tert-OH is 1. The van der Waals surface area contributed by atoms with E-state index in [4.69, 9.17) is 23.3 Å². The van der Waals surface area contributed by atoms with Crippen molar-refractivity contribution in [2.24, 2.45) is 0 Å². The van der Waals surface area contributed by atoms with Gasteiger partial charge >= 0.3 is 25.7 Å². The van der Waals surface area contributed by atoms with Crippen LogP contribution in [-0.4, -0.2) is 66.5 Å². The van der Waals surface area contributed by atoms with Gasteiger partial charge in [0, 0.05) is 19.3 Å². The molecule has 2 N–H and O–H groups in total. The van der Waals surface area contributed by atoms with E-state index in [1.807, 2.05) is 12.2 Å². The van der Waals surface area contributed by atoms with E-state index >= 15 is 0 Å². The maximum absolute atomic E-state index is 12.9. The molecule has 0 rings (SSSR count). The zero-order chi connectivity index (χ0) is 54.1. The fourth-order valence-corrected chi connectivity index (χ4v) is 8.63. The van der Waals surface area contributed by atoms with Gasteiger partial charge in [0.25, 0.3) is 0 Å². The Morgan fingerprint density at radius 3 is 1.16 bits per heavy atom. The van der Waals surface area contributed by atoms with Crippen molar-refractivity contribution >= 4 is 25.7 Å². The van der Waals surface area contributed by atoms with Gasteiger partial charge in [-0.25, -0.2) is 4.57 Å². The average Bonchev–Trinajstić information content (AvgIpc) is 3.39. The van der Waals surface area contributed by atoms with E-state index in [0.29, 0.717) is 25.7 Å². The molecule has 0 heterocycles. The summed E-state index contributed by atoms with van der Waals surface area (Å²) in [5.74, 6) is -1.57. The number of carbonyl (C=O) groups excluding carboxylic acids is 3. The second kappa shape index (κ2) is 55.9. The van der Waals surface area contributed by atoms with Crippen LogP contribution in [0.4, 0.5) is 0 Å². The average molecular weight is 1060 g/mol. The van der Waals surface area contributed by atoms with Crippen LogP contribution in [0.5, 0.6) is 0 Å². The van der Waals surface area contributed by atoms with Crippen molar-refractivity contribution in [2.45, 2.75) is 264 Å². The number of esters is 3. The number of hydrogen-bond donors (Lipinski definition) is 2. The monoisotopic (exact) mass is 1060 g/mol. The number of carbonyl (C=O) groups is 3. The van der Waals surface area contributed by atoms with Crippen molar-refractivity contribution < 1.29 is 52.2 Å². The van der Waals surface area contributed by atoms with Crippen LogP contribution >= 0.6 is 7.82 Å². The van der Waals surface area contributed by atoms with E-state index in [1.165, 1.54) is 116 Å². The number of aliphatic hydroxyl groups is 1. The summed E-state index contributed by atoms with van der Waals surface area (Å²) < 4.78 is 39.4. The summed E-state index contributed by atoms with van der Waals surface area (Å²) in [6.45, 7) is 4.43. The summed E-state index contributed by atoms with van der Waals surface area (Å²) in [6.07, 6.45) is 64.3. The SMILES string of the molecule is CC/C=C\C/C=C\C/C=C\C/C=C\C/C=C\C/C=C\CCC(=O)OC(COC(=O)CCCCCCCCCCC)COP(=O)(O)OCC(CO)OC(=O)CCCCCCCCCCC/C=C\CCCCCCCC. The molecule has 0 aromatic rings. The van der Waals surface area contributed by atoms with Crippen LogP contribution < -0.4 is 0 Å². The van der Waals surface area contributed by atoms with E-state index in [0.717, 1.165) is 70.6 Å². The fraction of sp³-hybridized carbons (Fsp3) is 0.726. The third-order valence-corrected chi connectivity index (χ3v) is 13.3. The minimum Gasteiger partial charge on any atom is -0.462 e. The second-order valence-corrected chi connectivity index (χ2v) is 20.9.